The van der Waals surface area contributed by atoms with Gasteiger partial charge in [-0.15, -0.1) is 11.8 Å². The van der Waals surface area contributed by atoms with Gasteiger partial charge in [0, 0.05) is 10.6 Å². The van der Waals surface area contributed by atoms with Gasteiger partial charge < -0.3 is 11.1 Å². The molecule has 0 atom stereocenters. The summed E-state index contributed by atoms with van der Waals surface area (Å²) in [5, 5.41) is 3.08. The highest BCUT2D eigenvalue weighted by Gasteiger charge is 1.95. The fourth-order valence-corrected chi connectivity index (χ4v) is 1.48. The SMILES string of the molecule is CSc1ccccc1NCN. The topological polar surface area (TPSA) is 38.0 Å². The van der Waals surface area contributed by atoms with Gasteiger partial charge in [-0.3, -0.25) is 0 Å². The van der Waals surface area contributed by atoms with E-state index in [1.54, 1.807) is 11.8 Å². The van der Waals surface area contributed by atoms with Gasteiger partial charge >= 0.3 is 0 Å². The molecule has 0 bridgehead atoms. The Labute approximate surface area is 71.2 Å². The van der Waals surface area contributed by atoms with Crippen molar-refractivity contribution in [3.63, 3.8) is 0 Å². The fraction of sp³-hybridized carbons (Fsp3) is 0.250. The fourth-order valence-electron chi connectivity index (χ4n) is 0.901. The maximum atomic E-state index is 5.36. The highest BCUT2D eigenvalue weighted by molar-refractivity contribution is 7.98. The van der Waals surface area contributed by atoms with E-state index in [4.69, 9.17) is 5.73 Å². The summed E-state index contributed by atoms with van der Waals surface area (Å²) in [6.45, 7) is 0.484. The van der Waals surface area contributed by atoms with Crippen molar-refractivity contribution in [2.75, 3.05) is 18.2 Å². The average molecular weight is 168 g/mol. The summed E-state index contributed by atoms with van der Waals surface area (Å²) in [4.78, 5) is 1.23. The lowest BCUT2D eigenvalue weighted by atomic mass is 10.3. The molecule has 1 rings (SSSR count). The van der Waals surface area contributed by atoms with Gasteiger partial charge in [0.15, 0.2) is 0 Å². The molecule has 0 radical (unpaired) electrons. The lowest BCUT2D eigenvalue weighted by Gasteiger charge is -2.06. The Bertz CT molecular complexity index is 225. The Morgan fingerprint density at radius 2 is 2.18 bits per heavy atom. The molecular formula is C8H12N2S. The average Bonchev–Trinajstić information content (AvgIpc) is 2.06. The highest BCUT2D eigenvalue weighted by atomic mass is 32.2. The quantitative estimate of drug-likeness (QED) is 0.533. The van der Waals surface area contributed by atoms with Crippen LogP contribution in [0.2, 0.25) is 0 Å². The summed E-state index contributed by atoms with van der Waals surface area (Å²) < 4.78 is 0. The molecule has 0 spiro atoms. The number of benzene rings is 1. The third kappa shape index (κ3) is 2.13. The maximum Gasteiger partial charge on any atom is 0.0628 e. The third-order valence-corrected chi connectivity index (χ3v) is 2.20. The maximum absolute atomic E-state index is 5.36. The lowest BCUT2D eigenvalue weighted by molar-refractivity contribution is 1.13. The molecule has 3 heteroatoms. The molecule has 0 amide bonds. The van der Waals surface area contributed by atoms with Gasteiger partial charge in [-0.2, -0.15) is 0 Å². The number of hydrogen-bond donors (Lipinski definition) is 2. The van der Waals surface area contributed by atoms with Crippen LogP contribution in [0.15, 0.2) is 29.2 Å². The Morgan fingerprint density at radius 3 is 2.82 bits per heavy atom. The van der Waals surface area contributed by atoms with E-state index < -0.39 is 0 Å². The molecule has 0 saturated carbocycles. The molecule has 11 heavy (non-hydrogen) atoms. The van der Waals surface area contributed by atoms with Crippen molar-refractivity contribution in [3.05, 3.63) is 24.3 Å². The zero-order valence-electron chi connectivity index (χ0n) is 6.50. The van der Waals surface area contributed by atoms with Gasteiger partial charge in [0.25, 0.3) is 0 Å². The number of nitrogens with one attached hydrogen (secondary N) is 1. The third-order valence-electron chi connectivity index (χ3n) is 1.40. The summed E-state index contributed by atoms with van der Waals surface area (Å²) in [6.07, 6.45) is 2.05. The summed E-state index contributed by atoms with van der Waals surface area (Å²) in [6, 6.07) is 8.12. The van der Waals surface area contributed by atoms with Gasteiger partial charge in [-0.05, 0) is 18.4 Å². The van der Waals surface area contributed by atoms with Crippen LogP contribution in [0, 0.1) is 0 Å². The van der Waals surface area contributed by atoms with E-state index in [0.29, 0.717) is 6.67 Å². The molecule has 0 unspecified atom stereocenters. The normalized spacial score (nSPS) is 9.64. The standard InChI is InChI=1S/C8H12N2S/c1-11-8-5-3-2-4-7(8)10-6-9/h2-5,10H,6,9H2,1H3. The van der Waals surface area contributed by atoms with E-state index >= 15 is 0 Å². The van der Waals surface area contributed by atoms with E-state index in [-0.39, 0.29) is 0 Å². The van der Waals surface area contributed by atoms with Crippen LogP contribution < -0.4 is 11.1 Å². The molecule has 0 aliphatic carbocycles. The second-order valence-electron chi connectivity index (χ2n) is 2.08. The first-order valence-electron chi connectivity index (χ1n) is 3.45. The van der Waals surface area contributed by atoms with E-state index in [9.17, 15) is 0 Å². The number of rotatable bonds is 3. The van der Waals surface area contributed by atoms with Crippen molar-refractivity contribution >= 4 is 17.4 Å². The molecule has 1 aromatic carbocycles. The molecule has 0 fully saturated rings. The van der Waals surface area contributed by atoms with Crippen LogP contribution in [0.4, 0.5) is 5.69 Å². The molecule has 3 N–H and O–H groups in total. The predicted octanol–water partition coefficient (Wildman–Crippen LogP) is 1.74. The minimum absolute atomic E-state index is 0.484. The first-order chi connectivity index (χ1) is 5.38. The van der Waals surface area contributed by atoms with Crippen molar-refractivity contribution in [1.29, 1.82) is 0 Å². The summed E-state index contributed by atoms with van der Waals surface area (Å²) in [5.74, 6) is 0. The Kier molecular flexibility index (Phi) is 3.26. The monoisotopic (exact) mass is 168 g/mol. The van der Waals surface area contributed by atoms with Gasteiger partial charge in [0.05, 0.1) is 6.67 Å². The van der Waals surface area contributed by atoms with Crippen molar-refractivity contribution in [3.8, 4) is 0 Å². The van der Waals surface area contributed by atoms with E-state index in [1.165, 1.54) is 4.90 Å². The van der Waals surface area contributed by atoms with Crippen LogP contribution in [-0.4, -0.2) is 12.9 Å². The molecule has 0 saturated heterocycles. The number of para-hydroxylation sites is 1. The first-order valence-corrected chi connectivity index (χ1v) is 4.68. The minimum atomic E-state index is 0.484. The number of thioether (sulfide) groups is 1. The van der Waals surface area contributed by atoms with E-state index in [0.717, 1.165) is 5.69 Å². The lowest BCUT2D eigenvalue weighted by Crippen LogP contribution is -2.11. The molecule has 0 aliphatic rings. The highest BCUT2D eigenvalue weighted by Crippen LogP contribution is 2.23. The summed E-state index contributed by atoms with van der Waals surface area (Å²) >= 11 is 1.72. The number of nitrogens with two attached hydrogens (primary N) is 1. The molecule has 0 heterocycles. The first kappa shape index (κ1) is 8.43. The van der Waals surface area contributed by atoms with Gasteiger partial charge in [0.1, 0.15) is 0 Å². The van der Waals surface area contributed by atoms with Crippen molar-refractivity contribution in [1.82, 2.24) is 0 Å². The molecule has 0 aliphatic heterocycles. The molecule has 0 aromatic heterocycles. The van der Waals surface area contributed by atoms with Crippen LogP contribution in [-0.2, 0) is 0 Å². The van der Waals surface area contributed by atoms with Gasteiger partial charge in [0.2, 0.25) is 0 Å². The van der Waals surface area contributed by atoms with Crippen molar-refractivity contribution in [2.24, 2.45) is 5.73 Å². The smallest absolute Gasteiger partial charge is 0.0628 e. The van der Waals surface area contributed by atoms with Gasteiger partial charge in [-0.25, -0.2) is 0 Å². The van der Waals surface area contributed by atoms with E-state index in [2.05, 4.69) is 17.6 Å². The van der Waals surface area contributed by atoms with Crippen LogP contribution >= 0.6 is 11.8 Å². The zero-order valence-corrected chi connectivity index (χ0v) is 7.32. The van der Waals surface area contributed by atoms with Crippen molar-refractivity contribution in [2.45, 2.75) is 4.90 Å². The van der Waals surface area contributed by atoms with Gasteiger partial charge in [-0.1, -0.05) is 12.1 Å². The molecule has 2 nitrogen and oxygen atoms in total. The van der Waals surface area contributed by atoms with Crippen LogP contribution in [0.1, 0.15) is 0 Å². The molecule has 1 aromatic rings. The Balaban J connectivity index is 2.83. The predicted molar refractivity (Wildman–Crippen MR) is 50.9 cm³/mol. The van der Waals surface area contributed by atoms with Crippen LogP contribution in [0.5, 0.6) is 0 Å². The van der Waals surface area contributed by atoms with Crippen molar-refractivity contribution < 1.29 is 0 Å². The number of hydrogen-bond acceptors (Lipinski definition) is 3. The van der Waals surface area contributed by atoms with Crippen LogP contribution in [0.3, 0.4) is 0 Å². The minimum Gasteiger partial charge on any atom is -0.372 e. The molecule has 60 valence electrons. The second-order valence-corrected chi connectivity index (χ2v) is 2.93. The number of anilines is 1. The summed E-state index contributed by atoms with van der Waals surface area (Å²) in [7, 11) is 0. The Morgan fingerprint density at radius 1 is 1.45 bits per heavy atom. The molecular weight excluding hydrogens is 156 g/mol. The summed E-state index contributed by atoms with van der Waals surface area (Å²) in [5.41, 5.74) is 6.48. The largest absolute Gasteiger partial charge is 0.372 e. The Hall–Kier alpha value is -0.670. The second kappa shape index (κ2) is 4.26. The van der Waals surface area contributed by atoms with Crippen LogP contribution in [0.25, 0.3) is 0 Å². The van der Waals surface area contributed by atoms with E-state index in [1.807, 2.05) is 18.2 Å². The zero-order chi connectivity index (χ0) is 8.10.